The van der Waals surface area contributed by atoms with Crippen molar-refractivity contribution < 1.29 is 18.0 Å². The average Bonchev–Trinajstić information content (AvgIpc) is 2.45. The maximum Gasteiger partial charge on any atom is 0.416 e. The second-order valence-electron chi connectivity index (χ2n) is 4.42. The molecule has 1 aromatic rings. The molecule has 0 atom stereocenters. The Kier molecular flexibility index (Phi) is 4.23. The van der Waals surface area contributed by atoms with Crippen LogP contribution in [0.4, 0.5) is 13.2 Å². The number of hydrogen-bond donors (Lipinski definition) is 0. The smallest absolute Gasteiger partial charge is 0.289 e. The van der Waals surface area contributed by atoms with Crippen LogP contribution in [-0.2, 0) is 4.79 Å². The van der Waals surface area contributed by atoms with Crippen molar-refractivity contribution in [1.29, 1.82) is 0 Å². The molecule has 1 aliphatic carbocycles. The summed E-state index contributed by atoms with van der Waals surface area (Å²) >= 11 is 0. The lowest BCUT2D eigenvalue weighted by Gasteiger charge is -2.16. The van der Waals surface area contributed by atoms with E-state index in [0.29, 0.717) is 12.8 Å². The number of halogens is 3. The molecule has 0 heterocycles. The quantitative estimate of drug-likeness (QED) is 0.745. The van der Waals surface area contributed by atoms with Crippen LogP contribution in [0, 0.1) is 0 Å². The van der Waals surface area contributed by atoms with E-state index in [1.165, 1.54) is 18.2 Å². The number of ketones is 1. The zero-order valence-electron chi connectivity index (χ0n) is 10.7. The van der Waals surface area contributed by atoms with Crippen molar-refractivity contribution in [3.63, 3.8) is 0 Å². The third-order valence-corrected chi connectivity index (χ3v) is 2.95. The molecular weight excluding hydrogens is 265 g/mol. The summed E-state index contributed by atoms with van der Waals surface area (Å²) in [6.45, 7) is 0. The Balaban J connectivity index is 2.19. The molecule has 1 nitrogen and oxygen atoms in total. The summed E-state index contributed by atoms with van der Waals surface area (Å²) in [5.41, 5.74) is -0.308. The highest BCUT2D eigenvalue weighted by Crippen LogP contribution is 2.34. The van der Waals surface area contributed by atoms with E-state index in [9.17, 15) is 18.0 Å². The minimum Gasteiger partial charge on any atom is -0.289 e. The first kappa shape index (κ1) is 14.3. The van der Waals surface area contributed by atoms with E-state index in [1.807, 2.05) is 6.07 Å². The lowest BCUT2D eigenvalue weighted by atomic mass is 9.93. The van der Waals surface area contributed by atoms with Crippen LogP contribution >= 0.6 is 0 Å². The van der Waals surface area contributed by atoms with Crippen LogP contribution in [0.5, 0.6) is 0 Å². The van der Waals surface area contributed by atoms with Gasteiger partial charge in [0.25, 0.3) is 0 Å². The first-order valence-corrected chi connectivity index (χ1v) is 6.24. The summed E-state index contributed by atoms with van der Waals surface area (Å²) in [6.07, 6.45) is 1.44. The Morgan fingerprint density at radius 1 is 1.05 bits per heavy atom. The van der Waals surface area contributed by atoms with Crippen LogP contribution in [0.15, 0.2) is 59.7 Å². The third-order valence-electron chi connectivity index (χ3n) is 2.95. The van der Waals surface area contributed by atoms with Crippen molar-refractivity contribution in [2.75, 3.05) is 0 Å². The molecule has 0 amide bonds. The predicted molar refractivity (Wildman–Crippen MR) is 71.9 cm³/mol. The van der Waals surface area contributed by atoms with Gasteiger partial charge in [-0.2, -0.15) is 13.2 Å². The minimum absolute atomic E-state index is 0.254. The van der Waals surface area contributed by atoms with Crippen LogP contribution in [0.1, 0.15) is 18.4 Å². The second kappa shape index (κ2) is 5.90. The highest BCUT2D eigenvalue weighted by molar-refractivity contribution is 6.09. The highest BCUT2D eigenvalue weighted by atomic mass is 19.4. The third kappa shape index (κ3) is 3.47. The Morgan fingerprint density at radius 3 is 2.35 bits per heavy atom. The summed E-state index contributed by atoms with van der Waals surface area (Å²) in [7, 11) is 0. The number of hydrogen-bond acceptors (Lipinski definition) is 1. The molecule has 104 valence electrons. The standard InChI is InChI=1S/C16H13F3O/c17-16(18,19)14-9-5-4-8-13(14)15(20)11-10-12-6-2-1-3-7-12/h1-3,6-11H,4-5H2/b11-10+. The molecule has 20 heavy (non-hydrogen) atoms. The largest absolute Gasteiger partial charge is 0.416 e. The van der Waals surface area contributed by atoms with Gasteiger partial charge >= 0.3 is 6.18 Å². The lowest BCUT2D eigenvalue weighted by Crippen LogP contribution is -2.19. The summed E-state index contributed by atoms with van der Waals surface area (Å²) < 4.78 is 38.5. The fourth-order valence-electron chi connectivity index (χ4n) is 2.00. The molecule has 0 saturated carbocycles. The van der Waals surface area contributed by atoms with E-state index in [0.717, 1.165) is 11.6 Å². The molecule has 2 rings (SSSR count). The first-order valence-electron chi connectivity index (χ1n) is 6.24. The zero-order valence-corrected chi connectivity index (χ0v) is 10.7. The van der Waals surface area contributed by atoms with Crippen molar-refractivity contribution in [3.05, 3.63) is 65.3 Å². The molecule has 0 aromatic heterocycles. The van der Waals surface area contributed by atoms with Crippen LogP contribution in [0.3, 0.4) is 0 Å². The molecule has 0 spiro atoms. The number of rotatable bonds is 3. The molecule has 1 aromatic carbocycles. The molecule has 0 aliphatic heterocycles. The Morgan fingerprint density at radius 2 is 1.70 bits per heavy atom. The topological polar surface area (TPSA) is 17.1 Å². The van der Waals surface area contributed by atoms with Gasteiger partial charge in [-0.15, -0.1) is 0 Å². The van der Waals surface area contributed by atoms with Gasteiger partial charge in [-0.05, 0) is 24.5 Å². The van der Waals surface area contributed by atoms with Gasteiger partial charge < -0.3 is 0 Å². The normalized spacial score (nSPS) is 15.9. The molecule has 4 heteroatoms. The maximum atomic E-state index is 12.8. The van der Waals surface area contributed by atoms with Crippen LogP contribution < -0.4 is 0 Å². The fourth-order valence-corrected chi connectivity index (χ4v) is 2.00. The average molecular weight is 278 g/mol. The van der Waals surface area contributed by atoms with Crippen LogP contribution in [0.25, 0.3) is 6.08 Å². The maximum absolute atomic E-state index is 12.8. The van der Waals surface area contributed by atoms with E-state index in [4.69, 9.17) is 0 Å². The molecule has 0 saturated heterocycles. The van der Waals surface area contributed by atoms with Gasteiger partial charge in [0.1, 0.15) is 0 Å². The predicted octanol–water partition coefficient (Wildman–Crippen LogP) is 4.48. The van der Waals surface area contributed by atoms with Gasteiger partial charge in [0.05, 0.1) is 5.57 Å². The number of carbonyl (C=O) groups is 1. The van der Waals surface area contributed by atoms with Crippen LogP contribution in [0.2, 0.25) is 0 Å². The summed E-state index contributed by atoms with van der Waals surface area (Å²) in [5, 5.41) is 0. The molecule has 0 fully saturated rings. The van der Waals surface area contributed by atoms with Crippen LogP contribution in [-0.4, -0.2) is 12.0 Å². The highest BCUT2D eigenvalue weighted by Gasteiger charge is 2.38. The van der Waals surface area contributed by atoms with Crippen molar-refractivity contribution in [1.82, 2.24) is 0 Å². The van der Waals surface area contributed by atoms with Gasteiger partial charge in [-0.25, -0.2) is 0 Å². The van der Waals surface area contributed by atoms with E-state index in [2.05, 4.69) is 0 Å². The SMILES string of the molecule is O=C(/C=C/c1ccccc1)C1=CCCC=C1C(F)(F)F. The lowest BCUT2D eigenvalue weighted by molar-refractivity contribution is -0.114. The Bertz CT molecular complexity index is 577. The van der Waals surface area contributed by atoms with Gasteiger partial charge in [0.2, 0.25) is 0 Å². The monoisotopic (exact) mass is 278 g/mol. The summed E-state index contributed by atoms with van der Waals surface area (Å²) in [5.74, 6) is -0.614. The summed E-state index contributed by atoms with van der Waals surface area (Å²) in [4.78, 5) is 11.9. The molecular formula is C16H13F3O. The molecule has 0 bridgehead atoms. The molecule has 0 unspecified atom stereocenters. The zero-order chi connectivity index (χ0) is 14.6. The van der Waals surface area contributed by atoms with E-state index in [-0.39, 0.29) is 5.57 Å². The number of allylic oxidation sites excluding steroid dienone is 5. The molecule has 0 N–H and O–H groups in total. The fraction of sp³-hybridized carbons (Fsp3) is 0.188. The second-order valence-corrected chi connectivity index (χ2v) is 4.42. The Hall–Kier alpha value is -2.10. The number of benzene rings is 1. The first-order chi connectivity index (χ1) is 9.48. The van der Waals surface area contributed by atoms with Crippen molar-refractivity contribution in [3.8, 4) is 0 Å². The number of alkyl halides is 3. The van der Waals surface area contributed by atoms with Gasteiger partial charge in [0.15, 0.2) is 5.78 Å². The van der Waals surface area contributed by atoms with Crippen molar-refractivity contribution in [2.45, 2.75) is 19.0 Å². The van der Waals surface area contributed by atoms with E-state index in [1.54, 1.807) is 24.3 Å². The van der Waals surface area contributed by atoms with Crippen molar-refractivity contribution in [2.24, 2.45) is 0 Å². The minimum atomic E-state index is -4.48. The van der Waals surface area contributed by atoms with Gasteiger partial charge in [-0.3, -0.25) is 4.79 Å². The van der Waals surface area contributed by atoms with Gasteiger partial charge in [0, 0.05) is 5.57 Å². The number of carbonyl (C=O) groups excluding carboxylic acids is 1. The van der Waals surface area contributed by atoms with E-state index < -0.39 is 17.5 Å². The summed E-state index contributed by atoms with van der Waals surface area (Å²) in [6, 6.07) is 8.97. The molecule has 0 radical (unpaired) electrons. The van der Waals surface area contributed by atoms with E-state index >= 15 is 0 Å². The van der Waals surface area contributed by atoms with Crippen molar-refractivity contribution >= 4 is 11.9 Å². The van der Waals surface area contributed by atoms with Gasteiger partial charge in [-0.1, -0.05) is 48.6 Å². The Labute approximate surface area is 115 Å². The molecule has 1 aliphatic rings.